The van der Waals surface area contributed by atoms with Gasteiger partial charge < -0.3 is 10.6 Å². The molecular weight excluding hydrogens is 395 g/mol. The number of aromatic nitrogens is 2. The number of amides is 2. The van der Waals surface area contributed by atoms with Crippen molar-refractivity contribution in [2.75, 3.05) is 10.6 Å². The zero-order valence-corrected chi connectivity index (χ0v) is 17.6. The lowest BCUT2D eigenvalue weighted by Crippen LogP contribution is -2.15. The Bertz CT molecular complexity index is 1000. The standard InChI is InChI=1S/C24H25FN4O2/c1-16-7-18(14-26-12-16)3-5-23(30)28-21-9-20(25)10-22(11-21)29-24(31)6-4-19-8-17(2)13-27-15-19/h7-15H,3-6H2,1-2H3,(H,28,30)(H,29,31). The van der Waals surface area contributed by atoms with Crippen molar-refractivity contribution in [1.29, 1.82) is 0 Å². The number of hydrogen-bond donors (Lipinski definition) is 2. The van der Waals surface area contributed by atoms with Gasteiger partial charge in [-0.25, -0.2) is 4.39 Å². The smallest absolute Gasteiger partial charge is 0.224 e. The molecule has 7 heteroatoms. The van der Waals surface area contributed by atoms with Crippen LogP contribution in [0.2, 0.25) is 0 Å². The van der Waals surface area contributed by atoms with Gasteiger partial charge in [0.2, 0.25) is 11.8 Å². The lowest BCUT2D eigenvalue weighted by Gasteiger charge is -2.10. The van der Waals surface area contributed by atoms with Crippen molar-refractivity contribution in [3.63, 3.8) is 0 Å². The Morgan fingerprint density at radius 3 is 1.61 bits per heavy atom. The average Bonchev–Trinajstić information content (AvgIpc) is 2.70. The monoisotopic (exact) mass is 420 g/mol. The molecule has 31 heavy (non-hydrogen) atoms. The number of anilines is 2. The molecule has 0 aliphatic heterocycles. The summed E-state index contributed by atoms with van der Waals surface area (Å²) in [6.45, 7) is 3.88. The molecule has 0 saturated carbocycles. The lowest BCUT2D eigenvalue weighted by atomic mass is 10.1. The third-order valence-corrected chi connectivity index (χ3v) is 4.61. The maximum Gasteiger partial charge on any atom is 0.224 e. The van der Waals surface area contributed by atoms with E-state index in [4.69, 9.17) is 0 Å². The summed E-state index contributed by atoms with van der Waals surface area (Å²) in [5.41, 5.74) is 4.58. The average molecular weight is 420 g/mol. The summed E-state index contributed by atoms with van der Waals surface area (Å²) < 4.78 is 14.0. The zero-order valence-electron chi connectivity index (χ0n) is 17.6. The minimum absolute atomic E-state index is 0.240. The minimum atomic E-state index is -0.543. The van der Waals surface area contributed by atoms with Gasteiger partial charge in [-0.3, -0.25) is 19.6 Å². The molecule has 2 heterocycles. The Labute approximate surface area is 180 Å². The summed E-state index contributed by atoms with van der Waals surface area (Å²) in [5.74, 6) is -1.02. The summed E-state index contributed by atoms with van der Waals surface area (Å²) in [5, 5.41) is 5.37. The number of carbonyl (C=O) groups excluding carboxylic acids is 2. The van der Waals surface area contributed by atoms with Crippen LogP contribution in [0, 0.1) is 19.7 Å². The van der Waals surface area contributed by atoms with E-state index in [1.54, 1.807) is 30.9 Å². The molecule has 0 saturated heterocycles. The van der Waals surface area contributed by atoms with Crippen molar-refractivity contribution < 1.29 is 14.0 Å². The molecule has 0 spiro atoms. The lowest BCUT2D eigenvalue weighted by molar-refractivity contribution is -0.116. The van der Waals surface area contributed by atoms with Crippen molar-refractivity contribution in [2.24, 2.45) is 0 Å². The molecule has 160 valence electrons. The van der Waals surface area contributed by atoms with E-state index in [9.17, 15) is 14.0 Å². The highest BCUT2D eigenvalue weighted by Crippen LogP contribution is 2.19. The first kappa shape index (κ1) is 22.1. The highest BCUT2D eigenvalue weighted by Gasteiger charge is 2.09. The van der Waals surface area contributed by atoms with Gasteiger partial charge >= 0.3 is 0 Å². The zero-order chi connectivity index (χ0) is 22.2. The van der Waals surface area contributed by atoms with Crippen LogP contribution in [-0.4, -0.2) is 21.8 Å². The third kappa shape index (κ3) is 7.29. The molecular formula is C24H25FN4O2. The SMILES string of the molecule is Cc1cncc(CCC(=O)Nc2cc(F)cc(NC(=O)CCc3cncc(C)c3)c2)c1. The van der Waals surface area contributed by atoms with Gasteiger partial charge in [-0.1, -0.05) is 12.1 Å². The first-order chi connectivity index (χ1) is 14.9. The fourth-order valence-electron chi connectivity index (χ4n) is 3.21. The molecule has 0 aliphatic rings. The van der Waals surface area contributed by atoms with Crippen molar-refractivity contribution in [2.45, 2.75) is 39.5 Å². The highest BCUT2D eigenvalue weighted by atomic mass is 19.1. The molecule has 6 nitrogen and oxygen atoms in total. The minimum Gasteiger partial charge on any atom is -0.326 e. The fraction of sp³-hybridized carbons (Fsp3) is 0.250. The van der Waals surface area contributed by atoms with Gasteiger partial charge in [0.15, 0.2) is 0 Å². The number of nitrogens with one attached hydrogen (secondary N) is 2. The molecule has 0 radical (unpaired) electrons. The first-order valence-electron chi connectivity index (χ1n) is 10.1. The van der Waals surface area contributed by atoms with E-state index in [0.29, 0.717) is 24.2 Å². The van der Waals surface area contributed by atoms with E-state index in [0.717, 1.165) is 22.3 Å². The van der Waals surface area contributed by atoms with Crippen LogP contribution >= 0.6 is 0 Å². The molecule has 1 aromatic carbocycles. The fourth-order valence-corrected chi connectivity index (χ4v) is 3.21. The molecule has 2 aromatic heterocycles. The Morgan fingerprint density at radius 2 is 1.19 bits per heavy atom. The second kappa shape index (κ2) is 10.4. The van der Waals surface area contributed by atoms with E-state index < -0.39 is 5.82 Å². The van der Waals surface area contributed by atoms with E-state index in [1.807, 2.05) is 26.0 Å². The van der Waals surface area contributed by atoms with E-state index in [2.05, 4.69) is 20.6 Å². The number of pyridine rings is 2. The number of benzene rings is 1. The van der Waals surface area contributed by atoms with Crippen LogP contribution in [0.25, 0.3) is 0 Å². The summed E-state index contributed by atoms with van der Waals surface area (Å²) in [4.78, 5) is 32.7. The molecule has 0 fully saturated rings. The summed E-state index contributed by atoms with van der Waals surface area (Å²) in [6, 6.07) is 7.94. The van der Waals surface area contributed by atoms with Crippen LogP contribution in [0.1, 0.15) is 35.1 Å². The Kier molecular flexibility index (Phi) is 7.43. The predicted molar refractivity (Wildman–Crippen MR) is 118 cm³/mol. The second-order valence-electron chi connectivity index (χ2n) is 7.57. The van der Waals surface area contributed by atoms with Crippen LogP contribution in [0.4, 0.5) is 15.8 Å². The quantitative estimate of drug-likeness (QED) is 0.567. The Hall–Kier alpha value is -3.61. The van der Waals surface area contributed by atoms with Gasteiger partial charge in [-0.15, -0.1) is 0 Å². The molecule has 0 aliphatic carbocycles. The first-order valence-corrected chi connectivity index (χ1v) is 10.1. The van der Waals surface area contributed by atoms with Crippen LogP contribution in [-0.2, 0) is 22.4 Å². The molecule has 2 amide bonds. The normalized spacial score (nSPS) is 10.5. The maximum absolute atomic E-state index is 14.0. The molecule has 0 bridgehead atoms. The topological polar surface area (TPSA) is 84.0 Å². The number of nitrogens with zero attached hydrogens (tertiary/aromatic N) is 2. The molecule has 2 N–H and O–H groups in total. The predicted octanol–water partition coefficient (Wildman–Crippen LogP) is 4.38. The van der Waals surface area contributed by atoms with Crippen LogP contribution < -0.4 is 10.6 Å². The summed E-state index contributed by atoms with van der Waals surface area (Å²) in [6.07, 6.45) is 8.52. The Balaban J connectivity index is 1.54. The van der Waals surface area contributed by atoms with Gasteiger partial charge in [0.25, 0.3) is 0 Å². The van der Waals surface area contributed by atoms with E-state index >= 15 is 0 Å². The molecule has 0 atom stereocenters. The Morgan fingerprint density at radius 1 is 0.742 bits per heavy atom. The van der Waals surface area contributed by atoms with Gasteiger partial charge in [0, 0.05) is 49.0 Å². The van der Waals surface area contributed by atoms with Crippen molar-refractivity contribution >= 4 is 23.2 Å². The van der Waals surface area contributed by atoms with Crippen molar-refractivity contribution in [3.8, 4) is 0 Å². The number of hydrogen-bond acceptors (Lipinski definition) is 4. The largest absolute Gasteiger partial charge is 0.326 e. The second-order valence-corrected chi connectivity index (χ2v) is 7.57. The van der Waals surface area contributed by atoms with Crippen LogP contribution in [0.5, 0.6) is 0 Å². The highest BCUT2D eigenvalue weighted by molar-refractivity contribution is 5.94. The third-order valence-electron chi connectivity index (χ3n) is 4.61. The van der Waals surface area contributed by atoms with Gasteiger partial charge in [0.05, 0.1) is 0 Å². The molecule has 3 rings (SSSR count). The van der Waals surface area contributed by atoms with Crippen molar-refractivity contribution in [3.05, 3.63) is 83.2 Å². The maximum atomic E-state index is 14.0. The van der Waals surface area contributed by atoms with Crippen LogP contribution in [0.15, 0.2) is 55.1 Å². The van der Waals surface area contributed by atoms with Crippen LogP contribution in [0.3, 0.4) is 0 Å². The summed E-state index contributed by atoms with van der Waals surface area (Å²) >= 11 is 0. The number of aryl methyl sites for hydroxylation is 4. The van der Waals surface area contributed by atoms with Gasteiger partial charge in [-0.2, -0.15) is 0 Å². The number of carbonyl (C=O) groups is 2. The molecule has 0 unspecified atom stereocenters. The van der Waals surface area contributed by atoms with E-state index in [-0.39, 0.29) is 24.7 Å². The van der Waals surface area contributed by atoms with Gasteiger partial charge in [0.1, 0.15) is 5.82 Å². The summed E-state index contributed by atoms with van der Waals surface area (Å²) in [7, 11) is 0. The number of rotatable bonds is 8. The molecule has 3 aromatic rings. The van der Waals surface area contributed by atoms with Gasteiger partial charge in [-0.05, 0) is 67.1 Å². The number of halogens is 1. The van der Waals surface area contributed by atoms with Crippen molar-refractivity contribution in [1.82, 2.24) is 9.97 Å². The van der Waals surface area contributed by atoms with E-state index in [1.165, 1.54) is 12.1 Å².